The maximum atomic E-state index is 12.9. The van der Waals surface area contributed by atoms with E-state index < -0.39 is 5.60 Å². The maximum absolute atomic E-state index is 12.9. The van der Waals surface area contributed by atoms with Crippen LogP contribution in [0.2, 0.25) is 0 Å². The van der Waals surface area contributed by atoms with Crippen molar-refractivity contribution in [2.75, 3.05) is 41.5 Å². The Morgan fingerprint density at radius 2 is 1.62 bits per heavy atom. The first-order valence-electron chi connectivity index (χ1n) is 11.1. The van der Waals surface area contributed by atoms with Crippen molar-refractivity contribution in [2.24, 2.45) is 0 Å². The van der Waals surface area contributed by atoms with Crippen molar-refractivity contribution in [3.8, 4) is 28.7 Å². The van der Waals surface area contributed by atoms with Gasteiger partial charge >= 0.3 is 0 Å². The molecule has 0 saturated carbocycles. The molecule has 2 aliphatic rings. The van der Waals surface area contributed by atoms with Crippen LogP contribution in [0.15, 0.2) is 36.4 Å². The van der Waals surface area contributed by atoms with Gasteiger partial charge in [0.05, 0.1) is 40.4 Å². The fourth-order valence-corrected chi connectivity index (χ4v) is 4.50. The van der Waals surface area contributed by atoms with Crippen LogP contribution in [-0.2, 0) is 4.79 Å². The number of hydrogen-bond donors (Lipinski definition) is 0. The van der Waals surface area contributed by atoms with E-state index in [0.717, 1.165) is 5.56 Å². The highest BCUT2D eigenvalue weighted by molar-refractivity contribution is 6.01. The van der Waals surface area contributed by atoms with Gasteiger partial charge in [-0.05, 0) is 35.9 Å². The molecule has 1 spiro atoms. The fourth-order valence-electron chi connectivity index (χ4n) is 4.50. The van der Waals surface area contributed by atoms with Crippen molar-refractivity contribution in [3.63, 3.8) is 0 Å². The van der Waals surface area contributed by atoms with E-state index >= 15 is 0 Å². The summed E-state index contributed by atoms with van der Waals surface area (Å²) in [5.41, 5.74) is 0.672. The monoisotopic (exact) mass is 467 g/mol. The van der Waals surface area contributed by atoms with Crippen molar-refractivity contribution in [3.05, 3.63) is 47.5 Å². The lowest BCUT2D eigenvalue weighted by Crippen LogP contribution is -2.52. The molecular weight excluding hydrogens is 438 g/mol. The summed E-state index contributed by atoms with van der Waals surface area (Å²) in [4.78, 5) is 27.5. The highest BCUT2D eigenvalue weighted by atomic mass is 16.5. The van der Waals surface area contributed by atoms with Crippen LogP contribution >= 0.6 is 0 Å². The first-order chi connectivity index (χ1) is 16.4. The predicted octanol–water partition coefficient (Wildman–Crippen LogP) is 3.76. The van der Waals surface area contributed by atoms with Gasteiger partial charge in [-0.15, -0.1) is 0 Å². The Labute approximate surface area is 199 Å². The van der Waals surface area contributed by atoms with E-state index in [1.807, 2.05) is 12.1 Å². The number of rotatable bonds is 6. The van der Waals surface area contributed by atoms with Gasteiger partial charge in [0.1, 0.15) is 5.60 Å². The number of ketones is 1. The molecule has 2 heterocycles. The number of benzene rings is 2. The van der Waals surface area contributed by atoms with Crippen molar-refractivity contribution in [2.45, 2.75) is 24.9 Å². The zero-order chi connectivity index (χ0) is 24.3. The number of piperidine rings is 1. The van der Waals surface area contributed by atoms with Crippen molar-refractivity contribution in [1.82, 2.24) is 4.90 Å². The molecule has 0 aliphatic carbocycles. The highest BCUT2D eigenvalue weighted by Gasteiger charge is 2.45. The van der Waals surface area contributed by atoms with Crippen LogP contribution in [-0.4, -0.2) is 63.7 Å². The normalized spacial score (nSPS) is 16.7. The van der Waals surface area contributed by atoms with Crippen molar-refractivity contribution in [1.29, 1.82) is 0 Å². The van der Waals surface area contributed by atoms with Gasteiger partial charge in [0.25, 0.3) is 0 Å². The molecule has 1 amide bonds. The first-order valence-corrected chi connectivity index (χ1v) is 11.1. The first kappa shape index (κ1) is 23.5. The van der Waals surface area contributed by atoms with Crippen LogP contribution in [0, 0.1) is 0 Å². The minimum Gasteiger partial charge on any atom is -0.493 e. The number of likely N-dealkylation sites (tertiary alicyclic amines) is 1. The van der Waals surface area contributed by atoms with Gasteiger partial charge < -0.3 is 28.6 Å². The third-order valence-corrected chi connectivity index (χ3v) is 6.41. The fraction of sp³-hybridized carbons (Fsp3) is 0.385. The molecule has 0 aromatic heterocycles. The molecule has 0 atom stereocenters. The van der Waals surface area contributed by atoms with Gasteiger partial charge in [0, 0.05) is 32.0 Å². The standard InChI is InChI=1S/C26H29NO7/c1-30-20-8-5-17(15-22(20)32-3)6-10-23(29)27-13-11-26(12-14-27)16-19(28)18-7-9-21(31-2)25(33-4)24(18)34-26/h5-10,15H,11-14,16H2,1-4H3/b10-6+. The molecule has 1 saturated heterocycles. The second kappa shape index (κ2) is 9.67. The van der Waals surface area contributed by atoms with Crippen molar-refractivity contribution < 1.29 is 33.3 Å². The maximum Gasteiger partial charge on any atom is 0.246 e. The number of nitrogens with zero attached hydrogens (tertiary/aromatic N) is 1. The molecular formula is C26H29NO7. The lowest BCUT2D eigenvalue weighted by Gasteiger charge is -2.44. The van der Waals surface area contributed by atoms with Crippen LogP contribution in [0.25, 0.3) is 6.08 Å². The number of hydrogen-bond acceptors (Lipinski definition) is 7. The van der Waals surface area contributed by atoms with Gasteiger partial charge in [-0.1, -0.05) is 6.07 Å². The SMILES string of the molecule is COc1ccc(/C=C/C(=O)N2CCC3(CC2)CC(=O)c2ccc(OC)c(OC)c2O3)cc1OC. The van der Waals surface area contributed by atoms with Gasteiger partial charge in [-0.25, -0.2) is 0 Å². The Morgan fingerprint density at radius 1 is 0.941 bits per heavy atom. The molecule has 0 N–H and O–H groups in total. The van der Waals surface area contributed by atoms with Gasteiger partial charge in [0.15, 0.2) is 28.8 Å². The minimum atomic E-state index is -0.659. The average molecular weight is 468 g/mol. The number of carbonyl (C=O) groups excluding carboxylic acids is 2. The zero-order valence-corrected chi connectivity index (χ0v) is 19.9. The minimum absolute atomic E-state index is 0.00956. The van der Waals surface area contributed by atoms with Gasteiger partial charge in [0.2, 0.25) is 11.7 Å². The number of methoxy groups -OCH3 is 4. The topological polar surface area (TPSA) is 83.5 Å². The highest BCUT2D eigenvalue weighted by Crippen LogP contribution is 2.47. The van der Waals surface area contributed by atoms with Crippen molar-refractivity contribution >= 4 is 17.8 Å². The van der Waals surface area contributed by atoms with E-state index in [4.69, 9.17) is 23.7 Å². The largest absolute Gasteiger partial charge is 0.493 e. The van der Waals surface area contributed by atoms with Crippen LogP contribution in [0.5, 0.6) is 28.7 Å². The van der Waals surface area contributed by atoms with E-state index in [0.29, 0.717) is 60.2 Å². The molecule has 1 fully saturated rings. The quantitative estimate of drug-likeness (QED) is 0.598. The third-order valence-electron chi connectivity index (χ3n) is 6.41. The van der Waals surface area contributed by atoms with E-state index in [-0.39, 0.29) is 18.1 Å². The Bertz CT molecular complexity index is 1120. The van der Waals surface area contributed by atoms with E-state index in [1.165, 1.54) is 7.11 Å². The summed E-state index contributed by atoms with van der Waals surface area (Å²) in [5, 5.41) is 0. The molecule has 0 radical (unpaired) electrons. The molecule has 8 nitrogen and oxygen atoms in total. The summed E-state index contributed by atoms with van der Waals surface area (Å²) < 4.78 is 27.8. The molecule has 0 bridgehead atoms. The average Bonchev–Trinajstić information content (AvgIpc) is 2.86. The van der Waals surface area contributed by atoms with E-state index in [2.05, 4.69) is 0 Å². The molecule has 4 rings (SSSR count). The summed E-state index contributed by atoms with van der Waals surface area (Å²) in [5.74, 6) is 2.50. The Hall–Kier alpha value is -3.68. The molecule has 2 aromatic rings. The summed E-state index contributed by atoms with van der Waals surface area (Å²) in [6.45, 7) is 0.980. The zero-order valence-electron chi connectivity index (χ0n) is 19.9. The van der Waals surface area contributed by atoms with Crippen LogP contribution in [0.1, 0.15) is 35.2 Å². The molecule has 180 valence electrons. The lowest BCUT2D eigenvalue weighted by atomic mass is 9.82. The summed E-state index contributed by atoms with van der Waals surface area (Å²) >= 11 is 0. The van der Waals surface area contributed by atoms with E-state index in [9.17, 15) is 9.59 Å². The third kappa shape index (κ3) is 4.40. The second-order valence-corrected chi connectivity index (χ2v) is 8.34. The molecule has 8 heteroatoms. The lowest BCUT2D eigenvalue weighted by molar-refractivity contribution is -0.129. The molecule has 2 aliphatic heterocycles. The number of Topliss-reactive ketones (excluding diaryl/α,β-unsaturated/α-hetero) is 1. The Balaban J connectivity index is 1.45. The van der Waals surface area contributed by atoms with Crippen LogP contribution < -0.4 is 23.7 Å². The van der Waals surface area contributed by atoms with Gasteiger partial charge in [-0.3, -0.25) is 9.59 Å². The Kier molecular flexibility index (Phi) is 6.68. The number of amides is 1. The smallest absolute Gasteiger partial charge is 0.246 e. The summed E-state index contributed by atoms with van der Waals surface area (Å²) in [7, 11) is 6.22. The van der Waals surface area contributed by atoms with Crippen LogP contribution in [0.4, 0.5) is 0 Å². The van der Waals surface area contributed by atoms with E-state index in [1.54, 1.807) is 56.6 Å². The predicted molar refractivity (Wildman–Crippen MR) is 126 cm³/mol. The molecule has 34 heavy (non-hydrogen) atoms. The van der Waals surface area contributed by atoms with Gasteiger partial charge in [-0.2, -0.15) is 0 Å². The summed E-state index contributed by atoms with van der Waals surface area (Å²) in [6.07, 6.45) is 4.68. The number of carbonyl (C=O) groups is 2. The second-order valence-electron chi connectivity index (χ2n) is 8.34. The number of ether oxygens (including phenoxy) is 5. The summed E-state index contributed by atoms with van der Waals surface area (Å²) in [6, 6.07) is 8.89. The van der Waals surface area contributed by atoms with Crippen LogP contribution in [0.3, 0.4) is 0 Å². The number of fused-ring (bicyclic) bond motifs is 1. The molecule has 0 unspecified atom stereocenters. The Morgan fingerprint density at radius 3 is 2.26 bits per heavy atom. The molecule has 2 aromatic carbocycles.